The standard InChI is InChI=1S/C15H18FNO4/c1-2-7-21-13-8-9(16)3-6-12(13)17-14(18)10-4-5-11(10)15(19)20/h3,6,8,10-11H,2,4-5,7H2,1H3,(H,17,18)(H,19,20). The van der Waals surface area contributed by atoms with Gasteiger partial charge in [0.2, 0.25) is 5.91 Å². The van der Waals surface area contributed by atoms with E-state index in [2.05, 4.69) is 5.32 Å². The first-order valence-corrected chi connectivity index (χ1v) is 6.99. The Balaban J connectivity index is 2.08. The average Bonchev–Trinajstić information content (AvgIpc) is 2.37. The van der Waals surface area contributed by atoms with Gasteiger partial charge in [0.25, 0.3) is 0 Å². The second-order valence-electron chi connectivity index (χ2n) is 5.11. The molecule has 0 aliphatic heterocycles. The smallest absolute Gasteiger partial charge is 0.307 e. The molecule has 0 saturated heterocycles. The minimum absolute atomic E-state index is 0.261. The van der Waals surface area contributed by atoms with Gasteiger partial charge in [-0.3, -0.25) is 9.59 Å². The molecular weight excluding hydrogens is 277 g/mol. The van der Waals surface area contributed by atoms with Crippen molar-refractivity contribution in [2.75, 3.05) is 11.9 Å². The Kier molecular flexibility index (Phi) is 4.77. The number of hydrogen-bond acceptors (Lipinski definition) is 3. The van der Waals surface area contributed by atoms with E-state index >= 15 is 0 Å². The lowest BCUT2D eigenvalue weighted by Gasteiger charge is -2.32. The first-order chi connectivity index (χ1) is 10.0. The molecule has 1 aromatic rings. The highest BCUT2D eigenvalue weighted by atomic mass is 19.1. The molecule has 0 aromatic heterocycles. The number of carboxylic acid groups (broad SMARTS) is 1. The number of aliphatic carboxylic acids is 1. The Morgan fingerprint density at radius 2 is 2.10 bits per heavy atom. The van der Waals surface area contributed by atoms with Crippen LogP contribution in [0, 0.1) is 17.7 Å². The van der Waals surface area contributed by atoms with Crippen molar-refractivity contribution >= 4 is 17.6 Å². The molecule has 114 valence electrons. The van der Waals surface area contributed by atoms with Gasteiger partial charge >= 0.3 is 5.97 Å². The number of ether oxygens (including phenoxy) is 1. The number of carbonyl (C=O) groups is 2. The number of carbonyl (C=O) groups excluding carboxylic acids is 1. The third-order valence-electron chi connectivity index (χ3n) is 3.59. The van der Waals surface area contributed by atoms with Crippen LogP contribution in [-0.2, 0) is 9.59 Å². The molecule has 2 rings (SSSR count). The number of hydrogen-bond donors (Lipinski definition) is 2. The fourth-order valence-electron chi connectivity index (χ4n) is 2.27. The lowest BCUT2D eigenvalue weighted by molar-refractivity contribution is -0.151. The summed E-state index contributed by atoms with van der Waals surface area (Å²) < 4.78 is 18.6. The summed E-state index contributed by atoms with van der Waals surface area (Å²) in [7, 11) is 0. The zero-order chi connectivity index (χ0) is 15.4. The molecular formula is C15H18FNO4. The fraction of sp³-hybridized carbons (Fsp3) is 0.467. The molecule has 1 amide bonds. The van der Waals surface area contributed by atoms with Crippen LogP contribution in [0.3, 0.4) is 0 Å². The fourth-order valence-corrected chi connectivity index (χ4v) is 2.27. The molecule has 1 aromatic carbocycles. The van der Waals surface area contributed by atoms with E-state index in [4.69, 9.17) is 9.84 Å². The van der Waals surface area contributed by atoms with E-state index in [0.717, 1.165) is 6.42 Å². The maximum atomic E-state index is 13.2. The molecule has 0 radical (unpaired) electrons. The van der Waals surface area contributed by atoms with Crippen LogP contribution in [0.5, 0.6) is 5.75 Å². The van der Waals surface area contributed by atoms with E-state index in [1.165, 1.54) is 18.2 Å². The maximum absolute atomic E-state index is 13.2. The lowest BCUT2D eigenvalue weighted by atomic mass is 9.73. The van der Waals surface area contributed by atoms with Crippen LogP contribution in [0.4, 0.5) is 10.1 Å². The first-order valence-electron chi connectivity index (χ1n) is 6.99. The van der Waals surface area contributed by atoms with Gasteiger partial charge in [-0.05, 0) is 31.4 Å². The Bertz CT molecular complexity index is 546. The van der Waals surface area contributed by atoms with E-state index in [0.29, 0.717) is 25.1 Å². The van der Waals surface area contributed by atoms with Gasteiger partial charge in [0.15, 0.2) is 0 Å². The summed E-state index contributed by atoms with van der Waals surface area (Å²) in [6.07, 6.45) is 1.82. The van der Waals surface area contributed by atoms with Gasteiger partial charge in [-0.25, -0.2) is 4.39 Å². The van der Waals surface area contributed by atoms with Crippen LogP contribution in [0.25, 0.3) is 0 Å². The van der Waals surface area contributed by atoms with E-state index in [1.54, 1.807) is 0 Å². The van der Waals surface area contributed by atoms with Crippen LogP contribution < -0.4 is 10.1 Å². The minimum Gasteiger partial charge on any atom is -0.491 e. The second-order valence-corrected chi connectivity index (χ2v) is 5.11. The van der Waals surface area contributed by atoms with Gasteiger partial charge in [0.1, 0.15) is 11.6 Å². The highest BCUT2D eigenvalue weighted by molar-refractivity contribution is 5.97. The van der Waals surface area contributed by atoms with Crippen molar-refractivity contribution in [2.24, 2.45) is 11.8 Å². The number of rotatable bonds is 6. The number of amides is 1. The number of nitrogens with one attached hydrogen (secondary N) is 1. The molecule has 1 saturated carbocycles. The van der Waals surface area contributed by atoms with Gasteiger partial charge in [-0.1, -0.05) is 6.92 Å². The third-order valence-corrected chi connectivity index (χ3v) is 3.59. The molecule has 2 atom stereocenters. The molecule has 0 heterocycles. The lowest BCUT2D eigenvalue weighted by Crippen LogP contribution is -2.41. The van der Waals surface area contributed by atoms with Crippen LogP contribution in [0.15, 0.2) is 18.2 Å². The molecule has 1 aliphatic carbocycles. The number of carboxylic acids is 1. The van der Waals surface area contributed by atoms with E-state index in [-0.39, 0.29) is 11.7 Å². The van der Waals surface area contributed by atoms with Crippen molar-refractivity contribution < 1.29 is 23.8 Å². The predicted molar refractivity (Wildman–Crippen MR) is 74.7 cm³/mol. The van der Waals surface area contributed by atoms with Crippen molar-refractivity contribution in [3.8, 4) is 5.75 Å². The summed E-state index contributed by atoms with van der Waals surface area (Å²) >= 11 is 0. The van der Waals surface area contributed by atoms with Crippen LogP contribution >= 0.6 is 0 Å². The predicted octanol–water partition coefficient (Wildman–Crippen LogP) is 2.66. The van der Waals surface area contributed by atoms with Gasteiger partial charge in [-0.2, -0.15) is 0 Å². The zero-order valence-corrected chi connectivity index (χ0v) is 11.8. The average molecular weight is 295 g/mol. The molecule has 5 nitrogen and oxygen atoms in total. The normalized spacial score (nSPS) is 20.5. The molecule has 2 N–H and O–H groups in total. The molecule has 0 spiro atoms. The summed E-state index contributed by atoms with van der Waals surface area (Å²) in [5.41, 5.74) is 0.367. The largest absolute Gasteiger partial charge is 0.491 e. The van der Waals surface area contributed by atoms with Gasteiger partial charge in [0.05, 0.1) is 24.1 Å². The summed E-state index contributed by atoms with van der Waals surface area (Å²) in [6.45, 7) is 2.33. The van der Waals surface area contributed by atoms with E-state index < -0.39 is 23.6 Å². The van der Waals surface area contributed by atoms with Crippen LogP contribution in [-0.4, -0.2) is 23.6 Å². The van der Waals surface area contributed by atoms with Crippen LogP contribution in [0.2, 0.25) is 0 Å². The topological polar surface area (TPSA) is 75.6 Å². The quantitative estimate of drug-likeness (QED) is 0.846. The molecule has 0 bridgehead atoms. The number of halogens is 1. The molecule has 1 fully saturated rings. The van der Waals surface area contributed by atoms with E-state index in [9.17, 15) is 14.0 Å². The van der Waals surface area contributed by atoms with Crippen molar-refractivity contribution in [2.45, 2.75) is 26.2 Å². The second kappa shape index (κ2) is 6.56. The Morgan fingerprint density at radius 1 is 1.38 bits per heavy atom. The SMILES string of the molecule is CCCOc1cc(F)ccc1NC(=O)C1CCC1C(=O)O. The number of anilines is 1. The highest BCUT2D eigenvalue weighted by Gasteiger charge is 2.41. The monoisotopic (exact) mass is 295 g/mol. The van der Waals surface area contributed by atoms with Crippen molar-refractivity contribution in [1.82, 2.24) is 0 Å². The molecule has 21 heavy (non-hydrogen) atoms. The van der Waals surface area contributed by atoms with Crippen LogP contribution in [0.1, 0.15) is 26.2 Å². The molecule has 2 unspecified atom stereocenters. The van der Waals surface area contributed by atoms with Gasteiger partial charge < -0.3 is 15.2 Å². The molecule has 1 aliphatic rings. The van der Waals surface area contributed by atoms with Crippen molar-refractivity contribution in [3.05, 3.63) is 24.0 Å². The maximum Gasteiger partial charge on any atom is 0.307 e. The summed E-state index contributed by atoms with van der Waals surface area (Å²) in [6, 6.07) is 3.86. The number of benzene rings is 1. The first kappa shape index (κ1) is 15.3. The van der Waals surface area contributed by atoms with Crippen molar-refractivity contribution in [1.29, 1.82) is 0 Å². The van der Waals surface area contributed by atoms with Gasteiger partial charge in [0, 0.05) is 6.07 Å². The van der Waals surface area contributed by atoms with Crippen molar-refractivity contribution in [3.63, 3.8) is 0 Å². The Morgan fingerprint density at radius 3 is 2.67 bits per heavy atom. The summed E-state index contributed by atoms with van der Waals surface area (Å²) in [5, 5.41) is 11.6. The summed E-state index contributed by atoms with van der Waals surface area (Å²) in [5.74, 6) is -2.68. The Labute approximate surface area is 122 Å². The third kappa shape index (κ3) is 3.51. The Hall–Kier alpha value is -2.11. The van der Waals surface area contributed by atoms with Gasteiger partial charge in [-0.15, -0.1) is 0 Å². The van der Waals surface area contributed by atoms with E-state index in [1.807, 2.05) is 6.92 Å². The highest BCUT2D eigenvalue weighted by Crippen LogP contribution is 2.36. The summed E-state index contributed by atoms with van der Waals surface area (Å²) in [4.78, 5) is 23.0. The minimum atomic E-state index is -0.956. The zero-order valence-electron chi connectivity index (χ0n) is 11.8. The molecule has 6 heteroatoms.